The average molecular weight is 478 g/mol. The molecule has 0 radical (unpaired) electrons. The van der Waals surface area contributed by atoms with Gasteiger partial charge in [-0.05, 0) is 44.2 Å². The van der Waals surface area contributed by atoms with Gasteiger partial charge in [0.05, 0.1) is 17.1 Å². The first kappa shape index (κ1) is 22.8. The van der Waals surface area contributed by atoms with Crippen LogP contribution >= 0.6 is 11.6 Å². The fraction of sp³-hybridized carbons (Fsp3) is 0.227. The number of hydrogen-bond donors (Lipinski definition) is 1. The molecule has 11 heteroatoms. The zero-order chi connectivity index (χ0) is 23.9. The predicted molar refractivity (Wildman–Crippen MR) is 116 cm³/mol. The van der Waals surface area contributed by atoms with E-state index in [1.54, 1.807) is 0 Å². The molecule has 6 nitrogen and oxygen atoms in total. The molecule has 170 valence electrons. The molecule has 33 heavy (non-hydrogen) atoms. The van der Waals surface area contributed by atoms with Crippen molar-refractivity contribution in [2.24, 2.45) is 0 Å². The van der Waals surface area contributed by atoms with Crippen molar-refractivity contribution in [3.63, 3.8) is 0 Å². The molecule has 4 rings (SSSR count). The molecule has 0 aliphatic heterocycles. The van der Waals surface area contributed by atoms with E-state index in [2.05, 4.69) is 27.0 Å². The number of alkyl halides is 2. The number of rotatable bonds is 4. The molecule has 0 spiro atoms. The summed E-state index contributed by atoms with van der Waals surface area (Å²) in [6.45, 7) is 2.01. The number of halogens is 5. The summed E-state index contributed by atoms with van der Waals surface area (Å²) in [7, 11) is 0. The monoisotopic (exact) mass is 477 g/mol. The van der Waals surface area contributed by atoms with Gasteiger partial charge in [-0.15, -0.1) is 10.2 Å². The van der Waals surface area contributed by atoms with E-state index in [-0.39, 0.29) is 38.8 Å². The summed E-state index contributed by atoms with van der Waals surface area (Å²) in [5, 5.41) is 17.5. The Balaban J connectivity index is 1.99. The van der Waals surface area contributed by atoms with Gasteiger partial charge in [-0.1, -0.05) is 23.4 Å². The maximum atomic E-state index is 14.4. The summed E-state index contributed by atoms with van der Waals surface area (Å²) < 4.78 is 57.3. The van der Waals surface area contributed by atoms with Crippen LogP contribution in [0, 0.1) is 23.5 Å². The van der Waals surface area contributed by atoms with Gasteiger partial charge in [0, 0.05) is 16.6 Å². The molecule has 0 unspecified atom stereocenters. The molecule has 0 aliphatic rings. The minimum Gasteiger partial charge on any atom is -0.378 e. The molecule has 2 aromatic carbocycles. The topological polar surface area (TPSA) is 66.5 Å². The fourth-order valence-electron chi connectivity index (χ4n) is 3.28. The minimum absolute atomic E-state index is 0.00612. The van der Waals surface area contributed by atoms with Crippen molar-refractivity contribution >= 4 is 39.8 Å². The van der Waals surface area contributed by atoms with E-state index in [0.29, 0.717) is 0 Å². The second-order valence-electron chi connectivity index (χ2n) is 7.73. The van der Waals surface area contributed by atoms with E-state index in [0.717, 1.165) is 29.2 Å². The van der Waals surface area contributed by atoms with Crippen LogP contribution in [-0.2, 0) is 0 Å². The molecule has 0 saturated heterocycles. The van der Waals surface area contributed by atoms with Gasteiger partial charge in [0.15, 0.2) is 0 Å². The Hall–Kier alpha value is -3.42. The van der Waals surface area contributed by atoms with Crippen molar-refractivity contribution < 1.29 is 22.7 Å². The zero-order valence-electron chi connectivity index (χ0n) is 17.3. The molecule has 2 aromatic heterocycles. The Morgan fingerprint density at radius 1 is 1.15 bits per heavy atom. The lowest BCUT2D eigenvalue weighted by atomic mass is 10.1. The molecule has 4 aromatic rings. The molecule has 0 fully saturated rings. The van der Waals surface area contributed by atoms with Gasteiger partial charge in [0.25, 0.3) is 12.2 Å². The number of benzene rings is 2. The van der Waals surface area contributed by atoms with Crippen LogP contribution < -0.4 is 4.90 Å². The van der Waals surface area contributed by atoms with Crippen LogP contribution in [0.5, 0.6) is 0 Å². The SMILES string of the molecule is CC(C)(O)C#Cc1cc(F)cc(N(CC(F)F)c2nc3nncn3c3c(Cl)cc(F)cc23)c1. The Kier molecular flexibility index (Phi) is 5.86. The molecule has 0 atom stereocenters. The number of aromatic nitrogens is 4. The summed E-state index contributed by atoms with van der Waals surface area (Å²) in [5.74, 6) is 3.63. The van der Waals surface area contributed by atoms with Crippen molar-refractivity contribution in [2.45, 2.75) is 25.9 Å². The van der Waals surface area contributed by atoms with Crippen molar-refractivity contribution in [3.05, 3.63) is 58.9 Å². The molecule has 0 amide bonds. The molecular weight excluding hydrogens is 462 g/mol. The second kappa shape index (κ2) is 8.50. The van der Waals surface area contributed by atoms with E-state index in [9.17, 15) is 22.7 Å². The Labute approximate surface area is 190 Å². The first-order valence-corrected chi connectivity index (χ1v) is 10.00. The highest BCUT2D eigenvalue weighted by molar-refractivity contribution is 6.35. The number of fused-ring (bicyclic) bond motifs is 3. The van der Waals surface area contributed by atoms with Gasteiger partial charge in [-0.2, -0.15) is 4.98 Å². The lowest BCUT2D eigenvalue weighted by Gasteiger charge is -2.25. The molecular formula is C22H16ClF4N5O. The first-order chi connectivity index (χ1) is 15.5. The van der Waals surface area contributed by atoms with E-state index in [1.165, 1.54) is 30.6 Å². The third-order valence-corrected chi connectivity index (χ3v) is 4.82. The van der Waals surface area contributed by atoms with Crippen LogP contribution in [0.3, 0.4) is 0 Å². The van der Waals surface area contributed by atoms with Crippen LogP contribution in [0.25, 0.3) is 16.7 Å². The van der Waals surface area contributed by atoms with Crippen LogP contribution in [-0.4, -0.2) is 43.3 Å². The van der Waals surface area contributed by atoms with Gasteiger partial charge < -0.3 is 10.0 Å². The molecule has 0 aliphatic carbocycles. The largest absolute Gasteiger partial charge is 0.378 e. The zero-order valence-corrected chi connectivity index (χ0v) is 18.1. The number of aliphatic hydroxyl groups is 1. The van der Waals surface area contributed by atoms with E-state index in [1.807, 2.05) is 0 Å². The summed E-state index contributed by atoms with van der Waals surface area (Å²) in [6.07, 6.45) is -1.54. The Morgan fingerprint density at radius 2 is 1.88 bits per heavy atom. The normalized spacial score (nSPS) is 11.8. The van der Waals surface area contributed by atoms with E-state index < -0.39 is 30.2 Å². The summed E-state index contributed by atoms with van der Waals surface area (Å²) >= 11 is 6.25. The quantitative estimate of drug-likeness (QED) is 0.340. The third-order valence-electron chi connectivity index (χ3n) is 4.53. The van der Waals surface area contributed by atoms with Crippen LogP contribution in [0.15, 0.2) is 36.7 Å². The molecule has 0 bridgehead atoms. The molecule has 1 N–H and O–H groups in total. The number of hydrogen-bond acceptors (Lipinski definition) is 5. The highest BCUT2D eigenvalue weighted by atomic mass is 35.5. The van der Waals surface area contributed by atoms with Crippen LogP contribution in [0.2, 0.25) is 5.02 Å². The Bertz CT molecular complexity index is 1420. The third kappa shape index (κ3) is 4.84. The lowest BCUT2D eigenvalue weighted by Crippen LogP contribution is -2.25. The number of anilines is 2. The van der Waals surface area contributed by atoms with Crippen LogP contribution in [0.4, 0.5) is 29.1 Å². The fourth-order valence-corrected chi connectivity index (χ4v) is 3.58. The highest BCUT2D eigenvalue weighted by Gasteiger charge is 2.23. The first-order valence-electron chi connectivity index (χ1n) is 9.62. The van der Waals surface area contributed by atoms with Crippen molar-refractivity contribution in [1.29, 1.82) is 0 Å². The summed E-state index contributed by atoms with van der Waals surface area (Å²) in [5.41, 5.74) is -0.961. The van der Waals surface area contributed by atoms with Gasteiger partial charge in [-0.3, -0.25) is 4.40 Å². The maximum Gasteiger partial charge on any atom is 0.257 e. The lowest BCUT2D eigenvalue weighted by molar-refractivity contribution is 0.143. The standard InChI is InChI=1S/C22H16ClF4N5O/c1-22(2,33)4-3-12-5-13(24)7-15(6-12)31(10-18(26)27)20-16-8-14(25)9-17(23)19(16)32-11-28-30-21(32)29-20/h5-9,11,18,33H,10H2,1-2H3. The van der Waals surface area contributed by atoms with E-state index in [4.69, 9.17) is 11.6 Å². The smallest absolute Gasteiger partial charge is 0.257 e. The van der Waals surface area contributed by atoms with Crippen molar-refractivity contribution in [3.8, 4) is 11.8 Å². The molecule has 2 heterocycles. The number of nitrogens with zero attached hydrogens (tertiary/aromatic N) is 5. The van der Waals surface area contributed by atoms with Gasteiger partial charge >= 0.3 is 0 Å². The van der Waals surface area contributed by atoms with Crippen molar-refractivity contribution in [2.75, 3.05) is 11.4 Å². The molecule has 0 saturated carbocycles. The second-order valence-corrected chi connectivity index (χ2v) is 8.14. The predicted octanol–water partition coefficient (Wildman–Crippen LogP) is 4.73. The summed E-state index contributed by atoms with van der Waals surface area (Å²) in [4.78, 5) is 5.32. The van der Waals surface area contributed by atoms with Gasteiger partial charge in [-0.25, -0.2) is 17.6 Å². The van der Waals surface area contributed by atoms with Crippen molar-refractivity contribution in [1.82, 2.24) is 19.6 Å². The maximum absolute atomic E-state index is 14.4. The van der Waals surface area contributed by atoms with E-state index >= 15 is 0 Å². The van der Waals surface area contributed by atoms with Gasteiger partial charge in [0.1, 0.15) is 29.4 Å². The van der Waals surface area contributed by atoms with Gasteiger partial charge in [0.2, 0.25) is 0 Å². The Morgan fingerprint density at radius 3 is 2.58 bits per heavy atom. The summed E-state index contributed by atoms with van der Waals surface area (Å²) in [6, 6.07) is 5.66. The highest BCUT2D eigenvalue weighted by Crippen LogP contribution is 2.36. The minimum atomic E-state index is -2.85. The van der Waals surface area contributed by atoms with Crippen LogP contribution in [0.1, 0.15) is 19.4 Å². The average Bonchev–Trinajstić information content (AvgIpc) is 3.17.